The largest absolute Gasteiger partial charge is 0.383 e. The number of likely N-dealkylation sites (tertiary alicyclic amines) is 1. The monoisotopic (exact) mass is 482 g/mol. The Morgan fingerprint density at radius 2 is 1.76 bits per heavy atom. The summed E-state index contributed by atoms with van der Waals surface area (Å²) >= 11 is 6.03. The molecular weight excluding hydrogens is 460 g/mol. The number of hydrogen-bond acceptors (Lipinski definition) is 6. The molecule has 1 aliphatic carbocycles. The lowest BCUT2D eigenvalue weighted by Crippen LogP contribution is -2.35. The number of fused-ring (bicyclic) bond motifs is 1. The molecule has 1 fully saturated rings. The van der Waals surface area contributed by atoms with Crippen molar-refractivity contribution in [3.63, 3.8) is 0 Å². The number of aryl methyl sites for hydroxylation is 1. The zero-order valence-electron chi connectivity index (χ0n) is 18.4. The first-order valence-electron chi connectivity index (χ1n) is 10.9. The van der Waals surface area contributed by atoms with Crippen molar-refractivity contribution in [2.75, 3.05) is 23.7 Å². The maximum absolute atomic E-state index is 13.0. The molecule has 4 rings (SSSR count). The molecule has 0 unspecified atom stereocenters. The topological polar surface area (TPSA) is 122 Å². The van der Waals surface area contributed by atoms with Crippen molar-refractivity contribution in [2.45, 2.75) is 19.8 Å². The van der Waals surface area contributed by atoms with Crippen molar-refractivity contribution >= 4 is 46.4 Å². The Balaban J connectivity index is 1.50. The van der Waals surface area contributed by atoms with E-state index in [-0.39, 0.29) is 48.0 Å². The van der Waals surface area contributed by atoms with Gasteiger partial charge in [-0.2, -0.15) is 0 Å². The average molecular weight is 483 g/mol. The van der Waals surface area contributed by atoms with Crippen molar-refractivity contribution in [3.8, 4) is 0 Å². The lowest BCUT2D eigenvalue weighted by molar-refractivity contribution is -0.384. The van der Waals surface area contributed by atoms with Gasteiger partial charge in [0.05, 0.1) is 22.3 Å². The van der Waals surface area contributed by atoms with E-state index in [4.69, 9.17) is 11.6 Å². The van der Waals surface area contributed by atoms with E-state index in [1.165, 1.54) is 23.1 Å². The fourth-order valence-corrected chi connectivity index (χ4v) is 4.47. The smallest absolute Gasteiger partial charge is 0.270 e. The number of halogens is 1. The predicted molar refractivity (Wildman–Crippen MR) is 128 cm³/mol. The van der Waals surface area contributed by atoms with Crippen LogP contribution in [0.3, 0.4) is 0 Å². The number of anilines is 2. The number of carbonyl (C=O) groups is 3. The number of allylic oxidation sites excluding steroid dienone is 2. The van der Waals surface area contributed by atoms with Crippen molar-refractivity contribution in [1.29, 1.82) is 0 Å². The molecule has 10 heteroatoms. The maximum Gasteiger partial charge on any atom is 0.270 e. The summed E-state index contributed by atoms with van der Waals surface area (Å²) in [4.78, 5) is 50.3. The van der Waals surface area contributed by atoms with Crippen molar-refractivity contribution in [3.05, 3.63) is 74.8 Å². The van der Waals surface area contributed by atoms with Gasteiger partial charge in [0.2, 0.25) is 11.8 Å². The zero-order valence-corrected chi connectivity index (χ0v) is 19.2. The summed E-state index contributed by atoms with van der Waals surface area (Å²) in [5.41, 5.74) is 1.44. The van der Waals surface area contributed by atoms with Gasteiger partial charge in [-0.15, -0.1) is 0 Å². The molecule has 176 valence electrons. The SMILES string of the molecule is Cc1ccc(Cl)cc1NC(=O)c1cc([N+](=O)[O-])ccc1NCCN1C(=O)[C@H]2CC=CC[C@@H]2C1=O. The second kappa shape index (κ2) is 9.64. The Bertz CT molecular complexity index is 1190. The summed E-state index contributed by atoms with van der Waals surface area (Å²) in [5, 5.41) is 17.5. The number of rotatable bonds is 7. The minimum absolute atomic E-state index is 0.0607. The number of amides is 3. The van der Waals surface area contributed by atoms with Crippen LogP contribution in [-0.4, -0.2) is 40.6 Å². The number of imide groups is 1. The Morgan fingerprint density at radius 1 is 1.09 bits per heavy atom. The van der Waals surface area contributed by atoms with Crippen LogP contribution in [0.15, 0.2) is 48.6 Å². The molecule has 34 heavy (non-hydrogen) atoms. The van der Waals surface area contributed by atoms with E-state index in [0.717, 1.165) is 5.56 Å². The van der Waals surface area contributed by atoms with Gasteiger partial charge in [-0.3, -0.25) is 29.4 Å². The summed E-state index contributed by atoms with van der Waals surface area (Å²) in [6, 6.07) is 8.95. The molecule has 3 amide bonds. The second-order valence-electron chi connectivity index (χ2n) is 8.31. The highest BCUT2D eigenvalue weighted by molar-refractivity contribution is 6.31. The van der Waals surface area contributed by atoms with Crippen LogP contribution >= 0.6 is 11.6 Å². The van der Waals surface area contributed by atoms with Gasteiger partial charge in [0.1, 0.15) is 0 Å². The minimum atomic E-state index is -0.581. The third kappa shape index (κ3) is 4.65. The fourth-order valence-electron chi connectivity index (χ4n) is 4.30. The van der Waals surface area contributed by atoms with Crippen LogP contribution in [0, 0.1) is 28.9 Å². The first-order valence-corrected chi connectivity index (χ1v) is 11.2. The van der Waals surface area contributed by atoms with Crippen LogP contribution in [0.2, 0.25) is 5.02 Å². The van der Waals surface area contributed by atoms with Crippen LogP contribution in [-0.2, 0) is 9.59 Å². The van der Waals surface area contributed by atoms with Crippen LogP contribution in [0.25, 0.3) is 0 Å². The van der Waals surface area contributed by atoms with E-state index >= 15 is 0 Å². The molecule has 2 N–H and O–H groups in total. The molecule has 1 aliphatic heterocycles. The third-order valence-corrected chi connectivity index (χ3v) is 6.39. The lowest BCUT2D eigenvalue weighted by atomic mass is 9.85. The van der Waals surface area contributed by atoms with E-state index in [1.807, 2.05) is 12.2 Å². The average Bonchev–Trinajstić information content (AvgIpc) is 3.06. The summed E-state index contributed by atoms with van der Waals surface area (Å²) in [6.07, 6.45) is 4.98. The van der Waals surface area contributed by atoms with Gasteiger partial charge in [-0.05, 0) is 43.5 Å². The van der Waals surface area contributed by atoms with Gasteiger partial charge in [-0.1, -0.05) is 29.8 Å². The van der Waals surface area contributed by atoms with Crippen LogP contribution in [0.1, 0.15) is 28.8 Å². The zero-order chi connectivity index (χ0) is 24.4. The first-order chi connectivity index (χ1) is 16.3. The van der Waals surface area contributed by atoms with Crippen molar-refractivity contribution in [2.24, 2.45) is 11.8 Å². The molecule has 0 aromatic heterocycles. The Kier molecular flexibility index (Phi) is 6.65. The van der Waals surface area contributed by atoms with Gasteiger partial charge in [0, 0.05) is 41.6 Å². The summed E-state index contributed by atoms with van der Waals surface area (Å²) in [6.45, 7) is 2.13. The molecule has 9 nitrogen and oxygen atoms in total. The summed E-state index contributed by atoms with van der Waals surface area (Å²) < 4.78 is 0. The number of nitro groups is 1. The molecule has 0 radical (unpaired) electrons. The highest BCUT2D eigenvalue weighted by Gasteiger charge is 2.46. The van der Waals surface area contributed by atoms with Crippen molar-refractivity contribution < 1.29 is 19.3 Å². The van der Waals surface area contributed by atoms with E-state index in [2.05, 4.69) is 10.6 Å². The number of benzene rings is 2. The summed E-state index contributed by atoms with van der Waals surface area (Å²) in [7, 11) is 0. The second-order valence-corrected chi connectivity index (χ2v) is 8.75. The van der Waals surface area contributed by atoms with E-state index in [0.29, 0.717) is 29.2 Å². The molecule has 2 atom stereocenters. The quantitative estimate of drug-likeness (QED) is 0.264. The predicted octanol–water partition coefficient (Wildman–Crippen LogP) is 4.17. The van der Waals surface area contributed by atoms with Crippen LogP contribution < -0.4 is 10.6 Å². The van der Waals surface area contributed by atoms with Gasteiger partial charge < -0.3 is 10.6 Å². The normalized spacial score (nSPS) is 19.2. The standard InChI is InChI=1S/C24H23ClN4O5/c1-14-6-7-15(25)12-21(14)27-22(30)19-13-16(29(33)34)8-9-20(19)26-10-11-28-23(31)17-4-2-3-5-18(17)24(28)32/h2-3,6-9,12-13,17-18,26H,4-5,10-11H2,1H3,(H,27,30)/t17-,18-/m0/s1. The lowest BCUT2D eigenvalue weighted by Gasteiger charge is -2.17. The third-order valence-electron chi connectivity index (χ3n) is 6.16. The molecule has 2 aromatic carbocycles. The van der Waals surface area contributed by atoms with Crippen LogP contribution in [0.5, 0.6) is 0 Å². The minimum Gasteiger partial charge on any atom is -0.383 e. The number of nitrogens with zero attached hydrogens (tertiary/aromatic N) is 2. The van der Waals surface area contributed by atoms with E-state index in [1.54, 1.807) is 25.1 Å². The number of carbonyl (C=O) groups excluding carboxylic acids is 3. The van der Waals surface area contributed by atoms with Crippen LogP contribution in [0.4, 0.5) is 17.1 Å². The van der Waals surface area contributed by atoms with E-state index < -0.39 is 10.8 Å². The molecule has 1 saturated heterocycles. The van der Waals surface area contributed by atoms with Gasteiger partial charge in [-0.25, -0.2) is 0 Å². The molecule has 0 spiro atoms. The van der Waals surface area contributed by atoms with E-state index in [9.17, 15) is 24.5 Å². The fraction of sp³-hybridized carbons (Fsp3) is 0.292. The summed E-state index contributed by atoms with van der Waals surface area (Å²) in [5.74, 6) is -1.53. The van der Waals surface area contributed by atoms with Crippen molar-refractivity contribution in [1.82, 2.24) is 4.90 Å². The van der Waals surface area contributed by atoms with Gasteiger partial charge in [0.25, 0.3) is 11.6 Å². The Hall–Kier alpha value is -3.72. The molecule has 2 aromatic rings. The molecule has 1 heterocycles. The molecule has 0 bridgehead atoms. The highest BCUT2D eigenvalue weighted by atomic mass is 35.5. The molecule has 2 aliphatic rings. The molecule has 0 saturated carbocycles. The maximum atomic E-state index is 13.0. The molecular formula is C24H23ClN4O5. The number of hydrogen-bond donors (Lipinski definition) is 2. The Morgan fingerprint density at radius 3 is 2.41 bits per heavy atom. The van der Waals surface area contributed by atoms with Gasteiger partial charge >= 0.3 is 0 Å². The first kappa shape index (κ1) is 23.4. The number of nitrogens with one attached hydrogen (secondary N) is 2. The number of non-ortho nitro benzene ring substituents is 1. The Labute approximate surface area is 200 Å². The highest BCUT2D eigenvalue weighted by Crippen LogP contribution is 2.35. The number of nitro benzene ring substituents is 1. The van der Waals surface area contributed by atoms with Gasteiger partial charge in [0.15, 0.2) is 0 Å².